The van der Waals surface area contributed by atoms with E-state index in [0.29, 0.717) is 10.6 Å². The summed E-state index contributed by atoms with van der Waals surface area (Å²) in [7, 11) is 0. The number of nitrogens with two attached hydrogens (primary N) is 1. The normalized spacial score (nSPS) is 11.7. The molecule has 5 nitrogen and oxygen atoms in total. The van der Waals surface area contributed by atoms with Crippen molar-refractivity contribution >= 4 is 23.4 Å². The molecule has 1 atom stereocenters. The number of hydrogen-bond acceptors (Lipinski definition) is 3. The van der Waals surface area contributed by atoms with Gasteiger partial charge >= 0.3 is 0 Å². The van der Waals surface area contributed by atoms with E-state index >= 15 is 0 Å². The van der Waals surface area contributed by atoms with Gasteiger partial charge in [-0.15, -0.1) is 0 Å². The second-order valence-corrected chi connectivity index (χ2v) is 3.65. The van der Waals surface area contributed by atoms with Crippen molar-refractivity contribution in [3.63, 3.8) is 0 Å². The van der Waals surface area contributed by atoms with E-state index < -0.39 is 11.9 Å². The third-order valence-corrected chi connectivity index (χ3v) is 2.21. The third kappa shape index (κ3) is 3.22. The maximum Gasteiger partial charge on any atom is 0.256 e. The maximum atomic E-state index is 11.6. The minimum Gasteiger partial charge on any atom is -0.340 e. The first-order valence-electron chi connectivity index (χ1n) is 4.61. The molecule has 0 unspecified atom stereocenters. The fraction of sp³-hybridized carbons (Fsp3) is 0.200. The van der Waals surface area contributed by atoms with E-state index in [1.54, 1.807) is 18.2 Å². The molecule has 0 fully saturated rings. The van der Waals surface area contributed by atoms with Crippen molar-refractivity contribution in [3.8, 4) is 0 Å². The van der Waals surface area contributed by atoms with E-state index in [9.17, 15) is 9.59 Å². The van der Waals surface area contributed by atoms with Crippen LogP contribution in [-0.2, 0) is 4.79 Å². The number of halogens is 1. The summed E-state index contributed by atoms with van der Waals surface area (Å²) in [5.41, 5.74) is 2.35. The highest BCUT2D eigenvalue weighted by Crippen LogP contribution is 2.10. The summed E-state index contributed by atoms with van der Waals surface area (Å²) >= 11 is 5.74. The van der Waals surface area contributed by atoms with Crippen LogP contribution in [0.1, 0.15) is 17.3 Å². The molecule has 2 amide bonds. The summed E-state index contributed by atoms with van der Waals surface area (Å²) in [5, 5.41) is 2.95. The molecule has 0 radical (unpaired) electrons. The van der Waals surface area contributed by atoms with Gasteiger partial charge in [-0.25, -0.2) is 5.84 Å². The van der Waals surface area contributed by atoms with E-state index in [2.05, 4.69) is 5.32 Å². The van der Waals surface area contributed by atoms with Crippen LogP contribution in [0.25, 0.3) is 0 Å². The lowest BCUT2D eigenvalue weighted by atomic mass is 10.2. The highest BCUT2D eigenvalue weighted by atomic mass is 35.5. The Bertz CT molecular complexity index is 409. The summed E-state index contributed by atoms with van der Waals surface area (Å²) in [6, 6.07) is 5.74. The maximum absolute atomic E-state index is 11.6. The van der Waals surface area contributed by atoms with Crippen LogP contribution < -0.4 is 16.6 Å². The second-order valence-electron chi connectivity index (χ2n) is 3.21. The van der Waals surface area contributed by atoms with Gasteiger partial charge < -0.3 is 5.32 Å². The van der Waals surface area contributed by atoms with Crippen molar-refractivity contribution in [3.05, 3.63) is 34.9 Å². The van der Waals surface area contributed by atoms with Crippen LogP contribution in [-0.4, -0.2) is 17.9 Å². The summed E-state index contributed by atoms with van der Waals surface area (Å²) in [6.07, 6.45) is 0. The Morgan fingerprint density at radius 2 is 2.12 bits per heavy atom. The van der Waals surface area contributed by atoms with Crippen molar-refractivity contribution in [2.45, 2.75) is 13.0 Å². The van der Waals surface area contributed by atoms with Gasteiger partial charge in [-0.3, -0.25) is 15.0 Å². The Hall–Kier alpha value is -1.59. The van der Waals surface area contributed by atoms with Crippen molar-refractivity contribution < 1.29 is 9.59 Å². The molecule has 0 heterocycles. The number of hydrogen-bond donors (Lipinski definition) is 3. The average Bonchev–Trinajstić information content (AvgIpc) is 2.27. The van der Waals surface area contributed by atoms with Gasteiger partial charge in [-0.05, 0) is 25.1 Å². The zero-order valence-electron chi connectivity index (χ0n) is 8.66. The molecule has 1 aromatic rings. The number of carbonyl (C=O) groups is 2. The molecule has 16 heavy (non-hydrogen) atoms. The smallest absolute Gasteiger partial charge is 0.256 e. The minimum atomic E-state index is -0.698. The largest absolute Gasteiger partial charge is 0.340 e. The predicted octanol–water partition coefficient (Wildman–Crippen LogP) is 0.448. The summed E-state index contributed by atoms with van der Waals surface area (Å²) in [4.78, 5) is 22.7. The van der Waals surface area contributed by atoms with Crippen LogP contribution in [0.2, 0.25) is 5.02 Å². The second kappa shape index (κ2) is 5.48. The Balaban J connectivity index is 2.69. The molecule has 4 N–H and O–H groups in total. The van der Waals surface area contributed by atoms with Crippen molar-refractivity contribution in [2.75, 3.05) is 0 Å². The van der Waals surface area contributed by atoms with E-state index in [1.807, 2.05) is 5.43 Å². The minimum absolute atomic E-state index is 0.376. The molecule has 1 rings (SSSR count). The average molecular weight is 242 g/mol. The van der Waals surface area contributed by atoms with Gasteiger partial charge in [-0.1, -0.05) is 17.7 Å². The third-order valence-electron chi connectivity index (χ3n) is 1.97. The summed E-state index contributed by atoms with van der Waals surface area (Å²) in [6.45, 7) is 1.53. The number of rotatable bonds is 3. The van der Waals surface area contributed by atoms with Gasteiger partial charge in [0, 0.05) is 10.6 Å². The molecule has 6 heteroatoms. The van der Waals surface area contributed by atoms with Crippen molar-refractivity contribution in [2.24, 2.45) is 5.84 Å². The molecular formula is C10H12ClN3O2. The standard InChI is InChI=1S/C10H12ClN3O2/c1-6(9(15)14-12)13-10(16)7-3-2-4-8(11)5-7/h2-6H,12H2,1H3,(H,13,16)(H,14,15)/t6-/m1/s1. The monoisotopic (exact) mass is 241 g/mol. The van der Waals surface area contributed by atoms with Gasteiger partial charge in [0.2, 0.25) is 0 Å². The molecule has 1 aromatic carbocycles. The van der Waals surface area contributed by atoms with Crippen LogP contribution in [0.15, 0.2) is 24.3 Å². The van der Waals surface area contributed by atoms with Gasteiger partial charge in [-0.2, -0.15) is 0 Å². The zero-order valence-corrected chi connectivity index (χ0v) is 9.41. The number of benzene rings is 1. The van der Waals surface area contributed by atoms with E-state index in [4.69, 9.17) is 17.4 Å². The first-order chi connectivity index (χ1) is 7.54. The highest BCUT2D eigenvalue weighted by molar-refractivity contribution is 6.30. The fourth-order valence-electron chi connectivity index (χ4n) is 1.10. The summed E-state index contributed by atoms with van der Waals surface area (Å²) in [5.74, 6) is 4.10. The lowest BCUT2D eigenvalue weighted by Gasteiger charge is -2.11. The summed E-state index contributed by atoms with van der Waals surface area (Å²) < 4.78 is 0. The molecule has 0 saturated carbocycles. The number of hydrazine groups is 1. The number of carbonyl (C=O) groups excluding carboxylic acids is 2. The molecule has 0 bridgehead atoms. The Morgan fingerprint density at radius 3 is 2.69 bits per heavy atom. The molecule has 0 saturated heterocycles. The molecule has 0 spiro atoms. The van der Waals surface area contributed by atoms with E-state index in [1.165, 1.54) is 13.0 Å². The van der Waals surface area contributed by atoms with Crippen LogP contribution in [0.3, 0.4) is 0 Å². The topological polar surface area (TPSA) is 84.2 Å². The van der Waals surface area contributed by atoms with Crippen molar-refractivity contribution in [1.82, 2.24) is 10.7 Å². The lowest BCUT2D eigenvalue weighted by Crippen LogP contribution is -2.47. The predicted molar refractivity (Wildman–Crippen MR) is 60.7 cm³/mol. The molecule has 86 valence electrons. The fourth-order valence-corrected chi connectivity index (χ4v) is 1.29. The highest BCUT2D eigenvalue weighted by Gasteiger charge is 2.15. The Morgan fingerprint density at radius 1 is 1.44 bits per heavy atom. The molecule has 0 aliphatic heterocycles. The van der Waals surface area contributed by atoms with Crippen LogP contribution in [0.5, 0.6) is 0 Å². The van der Waals surface area contributed by atoms with Gasteiger partial charge in [0.1, 0.15) is 6.04 Å². The van der Waals surface area contributed by atoms with Gasteiger partial charge in [0.05, 0.1) is 0 Å². The molecule has 0 aromatic heterocycles. The Labute approximate surface area is 97.9 Å². The first kappa shape index (κ1) is 12.5. The quantitative estimate of drug-likeness (QED) is 0.408. The van der Waals surface area contributed by atoms with Gasteiger partial charge in [0.15, 0.2) is 0 Å². The van der Waals surface area contributed by atoms with Crippen molar-refractivity contribution in [1.29, 1.82) is 0 Å². The number of amides is 2. The van der Waals surface area contributed by atoms with E-state index in [0.717, 1.165) is 0 Å². The Kier molecular flexibility index (Phi) is 4.28. The zero-order chi connectivity index (χ0) is 12.1. The first-order valence-corrected chi connectivity index (χ1v) is 4.99. The number of nitrogens with one attached hydrogen (secondary N) is 2. The van der Waals surface area contributed by atoms with E-state index in [-0.39, 0.29) is 5.91 Å². The van der Waals surface area contributed by atoms with Gasteiger partial charge in [0.25, 0.3) is 11.8 Å². The van der Waals surface area contributed by atoms with Crippen LogP contribution in [0.4, 0.5) is 0 Å². The molecular weight excluding hydrogens is 230 g/mol. The van der Waals surface area contributed by atoms with Crippen LogP contribution in [0, 0.1) is 0 Å². The SMILES string of the molecule is C[C@@H](NC(=O)c1cccc(Cl)c1)C(=O)NN. The lowest BCUT2D eigenvalue weighted by molar-refractivity contribution is -0.122. The van der Waals surface area contributed by atoms with Crippen LogP contribution >= 0.6 is 11.6 Å². The molecule has 0 aliphatic rings. The molecule has 0 aliphatic carbocycles.